The molecule has 1 aliphatic carbocycles. The Morgan fingerprint density at radius 1 is 1.24 bits per heavy atom. The highest BCUT2D eigenvalue weighted by atomic mass is 19.1. The van der Waals surface area contributed by atoms with Crippen LogP contribution in [-0.4, -0.2) is 58.4 Å². The smallest absolute Gasteiger partial charge is 0.413 e. The predicted molar refractivity (Wildman–Crippen MR) is 131 cm³/mol. The van der Waals surface area contributed by atoms with Crippen molar-refractivity contribution in [1.82, 2.24) is 19.9 Å². The maximum absolute atomic E-state index is 14.4. The molecule has 37 heavy (non-hydrogen) atoms. The fraction of sp³-hybridized carbons (Fsp3) is 0.500. The lowest BCUT2D eigenvalue weighted by Crippen LogP contribution is -2.28. The van der Waals surface area contributed by atoms with Crippen molar-refractivity contribution < 1.29 is 28.1 Å². The van der Waals surface area contributed by atoms with Gasteiger partial charge in [-0.2, -0.15) is 5.10 Å². The number of halogens is 1. The van der Waals surface area contributed by atoms with Crippen LogP contribution in [0.1, 0.15) is 51.1 Å². The molecule has 0 bridgehead atoms. The zero-order chi connectivity index (χ0) is 25.6. The number of anilines is 1. The molecule has 4 heterocycles. The second kappa shape index (κ2) is 9.46. The molecular formula is C26H30FN5O5. The first-order chi connectivity index (χ1) is 17.8. The van der Waals surface area contributed by atoms with Crippen molar-refractivity contribution in [2.24, 2.45) is 0 Å². The Hall–Kier alpha value is -3.44. The van der Waals surface area contributed by atoms with E-state index in [1.165, 1.54) is 18.3 Å². The molecule has 1 N–H and O–H groups in total. The standard InChI is InChI=1S/C26H30FN5O5/c1-26(2)35-15-18(37-26)14-34-21-8-5-16(27)12-19(21)20-4-3-10-31(20)23-9-11-32-24(30-23)22(13-28-32)36-25(33)29-17-6-7-17/h5,8-9,11-13,17-18,20H,3-4,6-7,10,14-15H2,1-2H3,(H,29,33)/t18?,20-/m1/s1. The molecule has 1 aromatic carbocycles. The minimum atomic E-state index is -0.638. The van der Waals surface area contributed by atoms with Crippen molar-refractivity contribution in [3.63, 3.8) is 0 Å². The lowest BCUT2D eigenvalue weighted by Gasteiger charge is -2.28. The van der Waals surface area contributed by atoms with Gasteiger partial charge in [0.2, 0.25) is 5.65 Å². The van der Waals surface area contributed by atoms with Crippen LogP contribution in [0, 0.1) is 5.82 Å². The SMILES string of the molecule is CC1(C)OCC(COc2ccc(F)cc2[C@H]2CCCN2c2ccn3ncc(OC(=O)NC4CC4)c3n2)O1. The van der Waals surface area contributed by atoms with E-state index >= 15 is 0 Å². The molecule has 0 spiro atoms. The van der Waals surface area contributed by atoms with Gasteiger partial charge in [-0.1, -0.05) is 0 Å². The van der Waals surface area contributed by atoms with Crippen LogP contribution in [0.15, 0.2) is 36.7 Å². The van der Waals surface area contributed by atoms with E-state index in [2.05, 4.69) is 15.3 Å². The average Bonchev–Trinajstić information content (AvgIpc) is 3.25. The Balaban J connectivity index is 1.23. The molecular weight excluding hydrogens is 481 g/mol. The number of nitrogens with one attached hydrogen (secondary N) is 1. The number of carbonyl (C=O) groups excluding carboxylic acids is 1. The molecule has 6 rings (SSSR count). The Morgan fingerprint density at radius 3 is 2.89 bits per heavy atom. The number of ether oxygens (including phenoxy) is 4. The summed E-state index contributed by atoms with van der Waals surface area (Å²) in [6.07, 6.45) is 6.21. The van der Waals surface area contributed by atoms with Crippen LogP contribution in [0.2, 0.25) is 0 Å². The largest absolute Gasteiger partial charge is 0.490 e. The predicted octanol–water partition coefficient (Wildman–Crippen LogP) is 3.99. The number of hydrogen-bond acceptors (Lipinski definition) is 8. The van der Waals surface area contributed by atoms with E-state index in [4.69, 9.17) is 23.9 Å². The third kappa shape index (κ3) is 5.19. The number of carbonyl (C=O) groups is 1. The maximum Gasteiger partial charge on any atom is 0.413 e. The Kier molecular flexibility index (Phi) is 6.12. The van der Waals surface area contributed by atoms with Gasteiger partial charge < -0.3 is 29.2 Å². The molecule has 3 fully saturated rings. The second-order valence-corrected chi connectivity index (χ2v) is 10.2. The minimum absolute atomic E-state index is 0.136. The molecule has 0 radical (unpaired) electrons. The fourth-order valence-electron chi connectivity index (χ4n) is 4.90. The van der Waals surface area contributed by atoms with Gasteiger partial charge in [0.05, 0.1) is 18.8 Å². The summed E-state index contributed by atoms with van der Waals surface area (Å²) in [6.45, 7) is 5.22. The van der Waals surface area contributed by atoms with Crippen LogP contribution in [0.4, 0.5) is 15.0 Å². The summed E-state index contributed by atoms with van der Waals surface area (Å²) in [4.78, 5) is 19.1. The Labute approximate surface area is 213 Å². The molecule has 3 aromatic rings. The second-order valence-electron chi connectivity index (χ2n) is 10.2. The summed E-state index contributed by atoms with van der Waals surface area (Å²) in [5.74, 6) is 0.617. The maximum atomic E-state index is 14.4. The van der Waals surface area contributed by atoms with E-state index in [0.29, 0.717) is 30.4 Å². The van der Waals surface area contributed by atoms with Gasteiger partial charge in [0.1, 0.15) is 30.1 Å². The monoisotopic (exact) mass is 511 g/mol. The number of fused-ring (bicyclic) bond motifs is 1. The molecule has 2 aromatic heterocycles. The van der Waals surface area contributed by atoms with Crippen LogP contribution in [-0.2, 0) is 9.47 Å². The number of nitrogens with zero attached hydrogens (tertiary/aromatic N) is 4. The van der Waals surface area contributed by atoms with Crippen LogP contribution in [0.3, 0.4) is 0 Å². The average molecular weight is 512 g/mol. The normalized spacial score (nSPS) is 22.9. The third-order valence-electron chi connectivity index (χ3n) is 6.79. The molecule has 11 heteroatoms. The van der Waals surface area contributed by atoms with E-state index in [9.17, 15) is 9.18 Å². The van der Waals surface area contributed by atoms with Crippen LogP contribution in [0.25, 0.3) is 5.65 Å². The quantitative estimate of drug-likeness (QED) is 0.508. The van der Waals surface area contributed by atoms with Gasteiger partial charge in [0.15, 0.2) is 11.5 Å². The van der Waals surface area contributed by atoms with Crippen molar-refractivity contribution in [3.8, 4) is 11.5 Å². The molecule has 3 aliphatic rings. The van der Waals surface area contributed by atoms with E-state index < -0.39 is 11.9 Å². The molecule has 2 aliphatic heterocycles. The van der Waals surface area contributed by atoms with Gasteiger partial charge in [-0.15, -0.1) is 0 Å². The van der Waals surface area contributed by atoms with Crippen molar-refractivity contribution >= 4 is 17.6 Å². The highest BCUT2D eigenvalue weighted by Crippen LogP contribution is 2.40. The van der Waals surface area contributed by atoms with E-state index in [1.807, 2.05) is 19.9 Å². The zero-order valence-electron chi connectivity index (χ0n) is 20.9. The van der Waals surface area contributed by atoms with E-state index in [-0.39, 0.29) is 29.8 Å². The van der Waals surface area contributed by atoms with Gasteiger partial charge in [0, 0.05) is 24.3 Å². The van der Waals surface area contributed by atoms with Crippen molar-refractivity contribution in [3.05, 3.63) is 48.0 Å². The highest BCUT2D eigenvalue weighted by Gasteiger charge is 2.34. The molecule has 1 saturated carbocycles. The van der Waals surface area contributed by atoms with Crippen molar-refractivity contribution in [2.75, 3.05) is 24.7 Å². The lowest BCUT2D eigenvalue weighted by molar-refractivity contribution is -0.141. The highest BCUT2D eigenvalue weighted by molar-refractivity contribution is 5.74. The first-order valence-corrected chi connectivity index (χ1v) is 12.7. The molecule has 196 valence electrons. The van der Waals surface area contributed by atoms with E-state index in [0.717, 1.165) is 37.8 Å². The summed E-state index contributed by atoms with van der Waals surface area (Å²) < 4.78 is 39.1. The van der Waals surface area contributed by atoms with Crippen LogP contribution < -0.4 is 19.7 Å². The van der Waals surface area contributed by atoms with E-state index in [1.54, 1.807) is 16.8 Å². The summed E-state index contributed by atoms with van der Waals surface area (Å²) in [7, 11) is 0. The molecule has 1 unspecified atom stereocenters. The van der Waals surface area contributed by atoms with Gasteiger partial charge in [-0.25, -0.2) is 18.7 Å². The van der Waals surface area contributed by atoms with Crippen molar-refractivity contribution in [2.45, 2.75) is 63.5 Å². The first kappa shape index (κ1) is 23.9. The lowest BCUT2D eigenvalue weighted by atomic mass is 10.0. The number of aromatic nitrogens is 3. The topological polar surface area (TPSA) is 99.5 Å². The van der Waals surface area contributed by atoms with Crippen LogP contribution in [0.5, 0.6) is 11.5 Å². The van der Waals surface area contributed by atoms with Gasteiger partial charge in [0.25, 0.3) is 0 Å². The summed E-state index contributed by atoms with van der Waals surface area (Å²) >= 11 is 0. The zero-order valence-corrected chi connectivity index (χ0v) is 20.9. The minimum Gasteiger partial charge on any atom is -0.490 e. The Morgan fingerprint density at radius 2 is 2.11 bits per heavy atom. The number of amides is 1. The molecule has 2 atom stereocenters. The molecule has 1 amide bonds. The first-order valence-electron chi connectivity index (χ1n) is 12.7. The van der Waals surface area contributed by atoms with Gasteiger partial charge in [-0.3, -0.25) is 0 Å². The number of benzene rings is 1. The van der Waals surface area contributed by atoms with Crippen molar-refractivity contribution in [1.29, 1.82) is 0 Å². The number of hydrogen-bond donors (Lipinski definition) is 1. The summed E-state index contributed by atoms with van der Waals surface area (Å²) in [5.41, 5.74) is 1.19. The molecule has 2 saturated heterocycles. The summed E-state index contributed by atoms with van der Waals surface area (Å²) in [6, 6.07) is 6.51. The number of rotatable bonds is 7. The van der Waals surface area contributed by atoms with Crippen LogP contribution >= 0.6 is 0 Å². The molecule has 10 nitrogen and oxygen atoms in total. The third-order valence-corrected chi connectivity index (χ3v) is 6.79. The Bertz CT molecular complexity index is 1310. The van der Waals surface area contributed by atoms with Gasteiger partial charge >= 0.3 is 6.09 Å². The van der Waals surface area contributed by atoms with Gasteiger partial charge in [-0.05, 0) is 63.8 Å². The fourth-order valence-corrected chi connectivity index (χ4v) is 4.90. The summed E-state index contributed by atoms with van der Waals surface area (Å²) in [5, 5.41) is 7.05.